The maximum Gasteiger partial charge on any atom is 0.0624 e. The van der Waals surface area contributed by atoms with Crippen LogP contribution in [0.1, 0.15) is 83.6 Å². The summed E-state index contributed by atoms with van der Waals surface area (Å²) in [6.07, 6.45) is 9.45. The van der Waals surface area contributed by atoms with E-state index in [1.807, 2.05) is 0 Å². The van der Waals surface area contributed by atoms with E-state index >= 15 is 0 Å². The van der Waals surface area contributed by atoms with Gasteiger partial charge in [-0.05, 0) is 49.0 Å². The predicted octanol–water partition coefficient (Wildman–Crippen LogP) is 6.71. The van der Waals surface area contributed by atoms with Crippen molar-refractivity contribution in [3.05, 3.63) is 35.9 Å². The third-order valence-electron chi connectivity index (χ3n) is 4.68. The fourth-order valence-electron chi connectivity index (χ4n) is 3.59. The van der Waals surface area contributed by atoms with Crippen LogP contribution in [0.5, 0.6) is 0 Å². The van der Waals surface area contributed by atoms with Crippen LogP contribution in [0.15, 0.2) is 30.3 Å². The molecule has 0 aromatic heterocycles. The number of rotatable bonds is 11. The summed E-state index contributed by atoms with van der Waals surface area (Å²) < 4.78 is 0. The van der Waals surface area contributed by atoms with Crippen LogP contribution in [0.2, 0.25) is 0 Å². The molecule has 0 fully saturated rings. The van der Waals surface area contributed by atoms with Crippen molar-refractivity contribution < 1.29 is 0 Å². The van der Waals surface area contributed by atoms with Gasteiger partial charge in [0.05, 0.1) is 6.07 Å². The Kier molecular flexibility index (Phi) is 9.64. The van der Waals surface area contributed by atoms with E-state index in [0.717, 1.165) is 6.42 Å². The van der Waals surface area contributed by atoms with Crippen LogP contribution in [-0.4, -0.2) is 0 Å². The summed E-state index contributed by atoms with van der Waals surface area (Å²) in [5, 5.41) is 9.00. The summed E-state index contributed by atoms with van der Waals surface area (Å²) in [6, 6.07) is 13.4. The molecule has 3 atom stereocenters. The van der Waals surface area contributed by atoms with Crippen LogP contribution in [-0.2, 0) is 0 Å². The predicted molar refractivity (Wildman–Crippen MR) is 95.7 cm³/mol. The second kappa shape index (κ2) is 11.3. The van der Waals surface area contributed by atoms with Crippen molar-refractivity contribution in [3.8, 4) is 6.07 Å². The molecule has 0 aliphatic heterocycles. The number of nitrogens with zero attached hydrogens (tertiary/aromatic N) is 1. The molecule has 0 amide bonds. The summed E-state index contributed by atoms with van der Waals surface area (Å²) in [5.41, 5.74) is 1.50. The lowest BCUT2D eigenvalue weighted by molar-refractivity contribution is 0.333. The molecule has 0 aliphatic rings. The Labute approximate surface area is 137 Å². The summed E-state index contributed by atoms with van der Waals surface area (Å²) >= 11 is 0. The minimum atomic E-state index is 0.590. The zero-order valence-corrected chi connectivity index (χ0v) is 14.7. The smallest absolute Gasteiger partial charge is 0.0624 e. The first kappa shape index (κ1) is 18.8. The average Bonchev–Trinajstić information content (AvgIpc) is 2.52. The Balaban J connectivity index is 2.62. The number of benzene rings is 1. The van der Waals surface area contributed by atoms with E-state index in [1.54, 1.807) is 0 Å². The average molecular weight is 300 g/mol. The molecule has 0 saturated heterocycles. The highest BCUT2D eigenvalue weighted by molar-refractivity contribution is 5.19. The van der Waals surface area contributed by atoms with Gasteiger partial charge in [-0.15, -0.1) is 0 Å². The molecule has 0 bridgehead atoms. The highest BCUT2D eigenvalue weighted by Gasteiger charge is 2.18. The number of hydrogen-bond acceptors (Lipinski definition) is 1. The lowest BCUT2D eigenvalue weighted by Crippen LogP contribution is -2.11. The van der Waals surface area contributed by atoms with Crippen molar-refractivity contribution in [1.82, 2.24) is 0 Å². The quantitative estimate of drug-likeness (QED) is 0.445. The molecule has 0 radical (unpaired) electrons. The van der Waals surface area contributed by atoms with E-state index < -0.39 is 0 Å². The van der Waals surface area contributed by atoms with Crippen molar-refractivity contribution in [2.75, 3.05) is 0 Å². The molecule has 0 N–H and O–H groups in total. The third kappa shape index (κ3) is 7.12. The maximum atomic E-state index is 9.00. The largest absolute Gasteiger partial charge is 0.198 e. The normalized spacial score (nSPS) is 15.0. The van der Waals surface area contributed by atoms with Crippen LogP contribution >= 0.6 is 0 Å². The van der Waals surface area contributed by atoms with E-state index in [4.69, 9.17) is 5.26 Å². The number of unbranched alkanes of at least 4 members (excludes halogenated alkanes) is 1. The molecule has 1 aromatic rings. The molecule has 3 unspecified atom stereocenters. The van der Waals surface area contributed by atoms with Gasteiger partial charge in [-0.25, -0.2) is 0 Å². The fourth-order valence-corrected chi connectivity index (χ4v) is 3.59. The van der Waals surface area contributed by atoms with Gasteiger partial charge in [0.2, 0.25) is 0 Å². The highest BCUT2D eigenvalue weighted by Crippen LogP contribution is 2.32. The summed E-state index contributed by atoms with van der Waals surface area (Å²) in [5.74, 6) is 1.97. The first-order valence-corrected chi connectivity index (χ1v) is 9.13. The van der Waals surface area contributed by atoms with E-state index in [1.165, 1.54) is 50.5 Å². The molecule has 1 rings (SSSR count). The van der Waals surface area contributed by atoms with Gasteiger partial charge in [0, 0.05) is 6.42 Å². The molecule has 0 heterocycles. The topological polar surface area (TPSA) is 23.8 Å². The van der Waals surface area contributed by atoms with Gasteiger partial charge in [-0.3, -0.25) is 0 Å². The fraction of sp³-hybridized carbons (Fsp3) is 0.667. The van der Waals surface area contributed by atoms with E-state index in [2.05, 4.69) is 57.2 Å². The second-order valence-corrected chi connectivity index (χ2v) is 6.84. The Morgan fingerprint density at radius 1 is 1.00 bits per heavy atom. The zero-order chi connectivity index (χ0) is 16.2. The van der Waals surface area contributed by atoms with Gasteiger partial charge in [0.25, 0.3) is 0 Å². The van der Waals surface area contributed by atoms with Gasteiger partial charge in [-0.2, -0.15) is 5.26 Å². The molecule has 0 aliphatic carbocycles. The Hall–Kier alpha value is -1.29. The van der Waals surface area contributed by atoms with Crippen molar-refractivity contribution in [2.45, 2.75) is 78.1 Å². The molecule has 1 nitrogen and oxygen atoms in total. The van der Waals surface area contributed by atoms with Crippen molar-refractivity contribution >= 4 is 0 Å². The molecule has 1 aromatic carbocycles. The molecule has 0 spiro atoms. The van der Waals surface area contributed by atoms with Gasteiger partial charge >= 0.3 is 0 Å². The van der Waals surface area contributed by atoms with Crippen LogP contribution in [0.3, 0.4) is 0 Å². The first-order valence-electron chi connectivity index (χ1n) is 9.13. The van der Waals surface area contributed by atoms with Gasteiger partial charge in [0.15, 0.2) is 0 Å². The van der Waals surface area contributed by atoms with Crippen LogP contribution < -0.4 is 0 Å². The molecule has 0 saturated carbocycles. The maximum absolute atomic E-state index is 9.00. The van der Waals surface area contributed by atoms with Crippen molar-refractivity contribution in [2.24, 2.45) is 11.8 Å². The standard InChI is InChI=1S/C21H33N/c1-4-6-11-21(20-12-8-7-9-13-20)17-18(3)16-19(10-5-2)14-15-22/h7-9,12-13,18-19,21H,4-6,10-11,14,16-17H2,1-3H3. The summed E-state index contributed by atoms with van der Waals surface area (Å²) in [4.78, 5) is 0. The Morgan fingerprint density at radius 3 is 2.32 bits per heavy atom. The zero-order valence-electron chi connectivity index (χ0n) is 14.7. The Bertz CT molecular complexity index is 417. The van der Waals surface area contributed by atoms with E-state index in [-0.39, 0.29) is 0 Å². The Morgan fingerprint density at radius 2 is 1.73 bits per heavy atom. The van der Waals surface area contributed by atoms with Crippen molar-refractivity contribution in [3.63, 3.8) is 0 Å². The minimum absolute atomic E-state index is 0.590. The van der Waals surface area contributed by atoms with Crippen LogP contribution in [0.25, 0.3) is 0 Å². The van der Waals surface area contributed by atoms with Gasteiger partial charge in [-0.1, -0.05) is 70.4 Å². The van der Waals surface area contributed by atoms with Gasteiger partial charge < -0.3 is 0 Å². The van der Waals surface area contributed by atoms with E-state index in [0.29, 0.717) is 17.8 Å². The molecule has 1 heteroatoms. The SMILES string of the molecule is CCCCC(CC(C)CC(CC#N)CCC)c1ccccc1. The molecular weight excluding hydrogens is 266 g/mol. The van der Waals surface area contributed by atoms with Crippen LogP contribution in [0.4, 0.5) is 0 Å². The molecule has 122 valence electrons. The number of nitriles is 1. The van der Waals surface area contributed by atoms with Crippen LogP contribution in [0, 0.1) is 23.2 Å². The number of hydrogen-bond donors (Lipinski definition) is 0. The first-order chi connectivity index (χ1) is 10.7. The third-order valence-corrected chi connectivity index (χ3v) is 4.68. The molecular formula is C21H33N. The minimum Gasteiger partial charge on any atom is -0.198 e. The molecule has 22 heavy (non-hydrogen) atoms. The van der Waals surface area contributed by atoms with Gasteiger partial charge in [0.1, 0.15) is 0 Å². The summed E-state index contributed by atoms with van der Waals surface area (Å²) in [7, 11) is 0. The van der Waals surface area contributed by atoms with Crippen molar-refractivity contribution in [1.29, 1.82) is 5.26 Å². The lowest BCUT2D eigenvalue weighted by Gasteiger charge is -2.24. The summed E-state index contributed by atoms with van der Waals surface area (Å²) in [6.45, 7) is 6.88. The monoisotopic (exact) mass is 299 g/mol. The lowest BCUT2D eigenvalue weighted by atomic mass is 9.81. The second-order valence-electron chi connectivity index (χ2n) is 6.84. The van der Waals surface area contributed by atoms with E-state index in [9.17, 15) is 0 Å². The highest BCUT2D eigenvalue weighted by atomic mass is 14.3.